The summed E-state index contributed by atoms with van der Waals surface area (Å²) in [5.41, 5.74) is 0. The topological polar surface area (TPSA) is 72.4 Å². The number of phosphoric ester groups is 1. The number of hydrogen-bond donors (Lipinski definition) is 0. The standard InChI is InChI=1S/C4H11O4P.Fe/c1-2-3-4-8-9(5,6)7;/h2-4H2,1H3,(H2,5,6,7);/q;+2/p-2. The van der Waals surface area contributed by atoms with Crippen LogP contribution in [0, 0.1) is 0 Å². The third-order valence-electron chi connectivity index (χ3n) is 0.747. The van der Waals surface area contributed by atoms with E-state index in [0.717, 1.165) is 6.42 Å². The minimum Gasteiger partial charge on any atom is -0.790 e. The van der Waals surface area contributed by atoms with E-state index < -0.39 is 7.82 Å². The minimum atomic E-state index is -4.70. The molecular weight excluding hydrogens is 199 g/mol. The predicted octanol–water partition coefficient (Wildman–Crippen LogP) is -0.371. The van der Waals surface area contributed by atoms with E-state index in [0.29, 0.717) is 6.42 Å². The second-order valence-corrected chi connectivity index (χ2v) is 2.79. The quantitative estimate of drug-likeness (QED) is 0.359. The van der Waals surface area contributed by atoms with Crippen molar-refractivity contribution in [2.45, 2.75) is 19.8 Å². The van der Waals surface area contributed by atoms with Crippen molar-refractivity contribution in [3.05, 3.63) is 0 Å². The van der Waals surface area contributed by atoms with Gasteiger partial charge in [-0.15, -0.1) is 0 Å². The van der Waals surface area contributed by atoms with Gasteiger partial charge in [0.2, 0.25) is 0 Å². The van der Waals surface area contributed by atoms with Gasteiger partial charge in [0.15, 0.2) is 0 Å². The fourth-order valence-electron chi connectivity index (χ4n) is 0.321. The van der Waals surface area contributed by atoms with Gasteiger partial charge >= 0.3 is 17.1 Å². The molecule has 0 bridgehead atoms. The fourth-order valence-corrected chi connectivity index (χ4v) is 0.673. The summed E-state index contributed by atoms with van der Waals surface area (Å²) in [6.07, 6.45) is 1.43. The molecule has 0 aromatic carbocycles. The molecule has 10 heavy (non-hydrogen) atoms. The summed E-state index contributed by atoms with van der Waals surface area (Å²) in [7, 11) is -4.70. The number of unbranched alkanes of at least 4 members (excludes halogenated alkanes) is 1. The summed E-state index contributed by atoms with van der Waals surface area (Å²) < 4.78 is 13.7. The van der Waals surface area contributed by atoms with Crippen molar-refractivity contribution < 1.29 is 35.9 Å². The van der Waals surface area contributed by atoms with Gasteiger partial charge in [0.05, 0.1) is 14.4 Å². The maximum Gasteiger partial charge on any atom is 2.00 e. The Labute approximate surface area is 70.7 Å². The van der Waals surface area contributed by atoms with Gasteiger partial charge in [-0.1, -0.05) is 13.3 Å². The Morgan fingerprint density at radius 1 is 1.50 bits per heavy atom. The molecule has 0 atom stereocenters. The van der Waals surface area contributed by atoms with Crippen molar-refractivity contribution in [2.75, 3.05) is 6.61 Å². The van der Waals surface area contributed by atoms with E-state index in [2.05, 4.69) is 4.52 Å². The van der Waals surface area contributed by atoms with Gasteiger partial charge in [0.1, 0.15) is 0 Å². The number of phosphoric acid groups is 1. The predicted molar refractivity (Wildman–Crippen MR) is 28.5 cm³/mol. The number of rotatable bonds is 4. The Kier molecular flexibility index (Phi) is 8.40. The molecule has 6 heteroatoms. The third kappa shape index (κ3) is 11.4. The zero-order chi connectivity index (χ0) is 7.33. The largest absolute Gasteiger partial charge is 2.00 e. The van der Waals surface area contributed by atoms with Crippen LogP contribution in [0.25, 0.3) is 0 Å². The molecule has 0 amide bonds. The van der Waals surface area contributed by atoms with E-state index >= 15 is 0 Å². The summed E-state index contributed by atoms with van der Waals surface area (Å²) in [5.74, 6) is 0. The van der Waals surface area contributed by atoms with Gasteiger partial charge in [-0.25, -0.2) is 0 Å². The van der Waals surface area contributed by atoms with Crippen LogP contribution in [0.4, 0.5) is 0 Å². The van der Waals surface area contributed by atoms with E-state index in [-0.39, 0.29) is 23.7 Å². The van der Waals surface area contributed by atoms with Crippen molar-refractivity contribution in [1.82, 2.24) is 0 Å². The van der Waals surface area contributed by atoms with Crippen molar-refractivity contribution in [2.24, 2.45) is 0 Å². The first kappa shape index (κ1) is 13.2. The fraction of sp³-hybridized carbons (Fsp3) is 1.00. The van der Waals surface area contributed by atoms with Crippen molar-refractivity contribution in [3.8, 4) is 0 Å². The molecule has 0 radical (unpaired) electrons. The van der Waals surface area contributed by atoms with E-state index in [1.54, 1.807) is 0 Å². The normalized spacial score (nSPS) is 10.7. The molecule has 62 valence electrons. The molecule has 0 heterocycles. The zero-order valence-corrected chi connectivity index (χ0v) is 7.55. The molecule has 0 rings (SSSR count). The van der Waals surface area contributed by atoms with Gasteiger partial charge < -0.3 is 18.9 Å². The monoisotopic (exact) mass is 208 g/mol. The van der Waals surface area contributed by atoms with Crippen LogP contribution in [-0.4, -0.2) is 6.61 Å². The molecule has 0 N–H and O–H groups in total. The Bertz CT molecular complexity index is 112. The molecule has 0 spiro atoms. The smallest absolute Gasteiger partial charge is 0.790 e. The SMILES string of the molecule is CCCCOP(=O)([O-])[O-].[Fe+2]. The average molecular weight is 208 g/mol. The second-order valence-electron chi connectivity index (χ2n) is 1.63. The van der Waals surface area contributed by atoms with Crippen LogP contribution in [-0.2, 0) is 26.2 Å². The Balaban J connectivity index is 0. The number of hydrogen-bond acceptors (Lipinski definition) is 4. The van der Waals surface area contributed by atoms with E-state index in [1.165, 1.54) is 0 Å². The van der Waals surface area contributed by atoms with Crippen LogP contribution < -0.4 is 9.79 Å². The Morgan fingerprint density at radius 3 is 2.30 bits per heavy atom. The van der Waals surface area contributed by atoms with Gasteiger partial charge in [-0.05, 0) is 6.42 Å². The Morgan fingerprint density at radius 2 is 2.00 bits per heavy atom. The maximum absolute atomic E-state index is 9.76. The van der Waals surface area contributed by atoms with Gasteiger partial charge in [0, 0.05) is 0 Å². The first-order valence-corrected chi connectivity index (χ1v) is 4.19. The molecule has 0 saturated heterocycles. The van der Waals surface area contributed by atoms with E-state index in [9.17, 15) is 14.4 Å². The maximum atomic E-state index is 9.76. The van der Waals surface area contributed by atoms with Crippen LogP contribution in [0.15, 0.2) is 0 Å². The first-order chi connectivity index (χ1) is 4.06. The van der Waals surface area contributed by atoms with E-state index in [4.69, 9.17) is 0 Å². The van der Waals surface area contributed by atoms with Crippen molar-refractivity contribution >= 4 is 7.82 Å². The summed E-state index contributed by atoms with van der Waals surface area (Å²) in [6, 6.07) is 0. The third-order valence-corrected chi connectivity index (χ3v) is 1.25. The molecule has 0 aliphatic rings. The molecule has 0 aliphatic heterocycles. The van der Waals surface area contributed by atoms with E-state index in [1.807, 2.05) is 6.92 Å². The average Bonchev–Trinajstić information content (AvgIpc) is 1.63. The van der Waals surface area contributed by atoms with Crippen LogP contribution >= 0.6 is 7.82 Å². The Hall–Kier alpha value is 0.629. The van der Waals surface area contributed by atoms with Crippen molar-refractivity contribution in [3.63, 3.8) is 0 Å². The molecule has 0 aromatic rings. The summed E-state index contributed by atoms with van der Waals surface area (Å²) >= 11 is 0. The van der Waals surface area contributed by atoms with Crippen LogP contribution in [0.1, 0.15) is 19.8 Å². The van der Waals surface area contributed by atoms with Gasteiger partial charge in [-0.3, -0.25) is 0 Å². The van der Waals surface area contributed by atoms with Crippen molar-refractivity contribution in [1.29, 1.82) is 0 Å². The summed E-state index contributed by atoms with van der Waals surface area (Å²) in [4.78, 5) is 19.5. The summed E-state index contributed by atoms with van der Waals surface area (Å²) in [6.45, 7) is 1.89. The van der Waals surface area contributed by atoms with Gasteiger partial charge in [0.25, 0.3) is 0 Å². The molecule has 0 fully saturated rings. The zero-order valence-electron chi connectivity index (χ0n) is 5.56. The second kappa shape index (κ2) is 6.35. The van der Waals surface area contributed by atoms with Crippen LogP contribution in [0.5, 0.6) is 0 Å². The first-order valence-electron chi connectivity index (χ1n) is 2.73. The minimum absolute atomic E-state index is 0. The molecular formula is C4H9FeO4P. The molecule has 0 unspecified atom stereocenters. The molecule has 0 saturated carbocycles. The van der Waals surface area contributed by atoms with Crippen LogP contribution in [0.3, 0.4) is 0 Å². The van der Waals surface area contributed by atoms with Gasteiger partial charge in [-0.2, -0.15) is 0 Å². The molecule has 0 aliphatic carbocycles. The molecule has 0 aromatic heterocycles. The summed E-state index contributed by atoms with van der Waals surface area (Å²) in [5, 5.41) is 0. The molecule has 4 nitrogen and oxygen atoms in total. The van der Waals surface area contributed by atoms with Crippen LogP contribution in [0.2, 0.25) is 0 Å².